The Kier molecular flexibility index (Phi) is 9.57. The molecule has 0 heterocycles. The molecule has 0 fully saturated rings. The highest BCUT2D eigenvalue weighted by molar-refractivity contribution is 6.12. The number of rotatable bonds is 10. The van der Waals surface area contributed by atoms with E-state index in [1.165, 1.54) is 12.1 Å². The van der Waals surface area contributed by atoms with E-state index < -0.39 is 37.5 Å². The van der Waals surface area contributed by atoms with Crippen LogP contribution in [-0.2, 0) is 0 Å². The highest BCUT2D eigenvalue weighted by Crippen LogP contribution is 2.41. The van der Waals surface area contributed by atoms with Gasteiger partial charge in [0.25, 0.3) is 0 Å². The third-order valence-electron chi connectivity index (χ3n) is 6.12. The topological polar surface area (TPSA) is 93.3 Å². The summed E-state index contributed by atoms with van der Waals surface area (Å²) in [6.45, 7) is 6.08. The molecule has 1 atom stereocenters. The van der Waals surface area contributed by atoms with Gasteiger partial charge in [-0.15, -0.1) is 0 Å². The van der Waals surface area contributed by atoms with E-state index in [-0.39, 0.29) is 17.5 Å². The minimum Gasteiger partial charge on any atom is -0.395 e. The van der Waals surface area contributed by atoms with E-state index in [0.717, 1.165) is 5.56 Å². The quantitative estimate of drug-likeness (QED) is 0.290. The number of hydrogen-bond acceptors (Lipinski definition) is 5. The third-order valence-corrected chi connectivity index (χ3v) is 6.12. The number of halogens is 3. The summed E-state index contributed by atoms with van der Waals surface area (Å²) in [5.74, 6) is 0. The maximum atomic E-state index is 13.4. The van der Waals surface area contributed by atoms with Crippen LogP contribution < -0.4 is 0 Å². The molecule has 0 aromatic heterocycles. The maximum Gasteiger partial charge on any atom is 0.418 e. The Morgan fingerprint density at radius 2 is 1.66 bits per heavy atom. The fourth-order valence-electron chi connectivity index (χ4n) is 4.00. The van der Waals surface area contributed by atoms with Crippen molar-refractivity contribution in [3.63, 3.8) is 0 Å². The van der Waals surface area contributed by atoms with Crippen molar-refractivity contribution in [1.82, 2.24) is 0 Å². The van der Waals surface area contributed by atoms with Crippen LogP contribution in [0.2, 0.25) is 0 Å². The summed E-state index contributed by atoms with van der Waals surface area (Å²) in [7, 11) is 1.56. The molecule has 0 amide bonds. The zero-order chi connectivity index (χ0) is 26.4. The number of alkyl halides is 3. The van der Waals surface area contributed by atoms with Crippen LogP contribution in [0.4, 0.5) is 13.2 Å². The van der Waals surface area contributed by atoms with E-state index in [0.29, 0.717) is 27.8 Å². The van der Waals surface area contributed by atoms with Crippen LogP contribution in [0.1, 0.15) is 34.8 Å². The van der Waals surface area contributed by atoms with E-state index in [4.69, 9.17) is 0 Å². The summed E-state index contributed by atoms with van der Waals surface area (Å²) in [4.78, 5) is 4.10. The van der Waals surface area contributed by atoms with E-state index in [2.05, 4.69) is 11.6 Å². The van der Waals surface area contributed by atoms with Gasteiger partial charge in [-0.05, 0) is 53.7 Å². The first kappa shape index (κ1) is 28.5. The molecule has 8 heteroatoms. The van der Waals surface area contributed by atoms with Crippen LogP contribution in [-0.4, -0.2) is 59.7 Å². The van der Waals surface area contributed by atoms with Gasteiger partial charge in [0.15, 0.2) is 6.10 Å². The van der Waals surface area contributed by atoms with Gasteiger partial charge in [-0.25, -0.2) is 0 Å². The van der Waals surface area contributed by atoms with Crippen LogP contribution in [0, 0.1) is 19.3 Å². The molecule has 2 aromatic rings. The molecular weight excluding hydrogens is 459 g/mol. The van der Waals surface area contributed by atoms with Gasteiger partial charge in [-0.2, -0.15) is 13.2 Å². The number of aliphatic imine (C=N–C) groups is 1. The number of aryl methyl sites for hydroxylation is 2. The van der Waals surface area contributed by atoms with Crippen molar-refractivity contribution >= 4 is 11.8 Å². The van der Waals surface area contributed by atoms with Crippen molar-refractivity contribution in [2.45, 2.75) is 32.5 Å². The Bertz CT molecular complexity index is 1090. The van der Waals surface area contributed by atoms with Crippen LogP contribution >= 0.6 is 0 Å². The first-order valence-corrected chi connectivity index (χ1v) is 11.0. The fourth-order valence-corrected chi connectivity index (χ4v) is 4.00. The van der Waals surface area contributed by atoms with Crippen molar-refractivity contribution in [2.24, 2.45) is 10.4 Å². The second-order valence-electron chi connectivity index (χ2n) is 8.64. The zero-order valence-electron chi connectivity index (χ0n) is 20.1. The van der Waals surface area contributed by atoms with Crippen LogP contribution in [0.15, 0.2) is 59.6 Å². The highest BCUT2D eigenvalue weighted by atomic mass is 19.4. The van der Waals surface area contributed by atoms with Gasteiger partial charge in [-0.3, -0.25) is 4.99 Å². The van der Waals surface area contributed by atoms with Crippen LogP contribution in [0.3, 0.4) is 0 Å². The first-order valence-electron chi connectivity index (χ1n) is 11.0. The Labute approximate surface area is 203 Å². The first-order chi connectivity index (χ1) is 16.5. The molecule has 2 aromatic carbocycles. The second-order valence-corrected chi connectivity index (χ2v) is 8.64. The third kappa shape index (κ3) is 6.27. The summed E-state index contributed by atoms with van der Waals surface area (Å²) >= 11 is 0. The predicted octanol–water partition coefficient (Wildman–Crippen LogP) is 4.56. The minimum absolute atomic E-state index is 0.169. The maximum absolute atomic E-state index is 13.4. The summed E-state index contributed by atoms with van der Waals surface area (Å²) in [6, 6.07) is 9.54. The normalized spacial score (nSPS) is 13.9. The Morgan fingerprint density at radius 3 is 2.20 bits per heavy atom. The molecule has 0 aliphatic rings. The van der Waals surface area contributed by atoms with Gasteiger partial charge in [0.05, 0.1) is 25.2 Å². The van der Waals surface area contributed by atoms with Gasteiger partial charge in [-0.1, -0.05) is 60.2 Å². The van der Waals surface area contributed by atoms with Crippen molar-refractivity contribution in [3.05, 3.63) is 76.9 Å². The summed E-state index contributed by atoms with van der Waals surface area (Å²) in [5, 5.41) is 39.2. The standard InChI is InChI=1S/C27H32F3NO4/c1-17-11-18(2)24(21-7-5-6-8-22(21)25(35)27(28,29)30)23(12-17)20(13-31-4)10-9-19(3)26(14-32,15-33)16-34/h5-8,10-13,25,32-35H,3,9,14-16H2,1-2,4H3/b20-10+,31-13?/t25-/m0/s1. The molecule has 0 spiro atoms. The number of benzene rings is 2. The Balaban J connectivity index is 2.74. The van der Waals surface area contributed by atoms with Crippen LogP contribution in [0.25, 0.3) is 16.7 Å². The van der Waals surface area contributed by atoms with E-state index in [1.54, 1.807) is 38.4 Å². The molecule has 2 rings (SSSR count). The molecule has 190 valence electrons. The van der Waals surface area contributed by atoms with Crippen molar-refractivity contribution in [3.8, 4) is 11.1 Å². The summed E-state index contributed by atoms with van der Waals surface area (Å²) in [5.41, 5.74) is 2.39. The van der Waals surface area contributed by atoms with Crippen LogP contribution in [0.5, 0.6) is 0 Å². The molecule has 0 saturated carbocycles. The SMILES string of the molecule is C=C(C/C=C(\C=NC)c1cc(C)cc(C)c1-c1ccccc1[C@H](O)C(F)(F)F)C(CO)(CO)CO. The van der Waals surface area contributed by atoms with Gasteiger partial charge in [0.1, 0.15) is 0 Å². The van der Waals surface area contributed by atoms with Gasteiger partial charge < -0.3 is 20.4 Å². The molecule has 4 N–H and O–H groups in total. The number of nitrogens with zero attached hydrogens (tertiary/aromatic N) is 1. The molecule has 0 radical (unpaired) electrons. The van der Waals surface area contributed by atoms with Gasteiger partial charge >= 0.3 is 6.18 Å². The minimum atomic E-state index is -4.83. The lowest BCUT2D eigenvalue weighted by atomic mass is 9.80. The highest BCUT2D eigenvalue weighted by Gasteiger charge is 2.40. The number of aliphatic hydroxyl groups excluding tert-OH is 4. The smallest absolute Gasteiger partial charge is 0.395 e. The summed E-state index contributed by atoms with van der Waals surface area (Å²) in [6.07, 6.45) is -4.02. The van der Waals surface area contributed by atoms with E-state index in [9.17, 15) is 33.6 Å². The monoisotopic (exact) mass is 491 g/mol. The molecule has 5 nitrogen and oxygen atoms in total. The molecule has 0 saturated heterocycles. The predicted molar refractivity (Wildman–Crippen MR) is 132 cm³/mol. The zero-order valence-corrected chi connectivity index (χ0v) is 20.1. The summed E-state index contributed by atoms with van der Waals surface area (Å²) < 4.78 is 40.3. The van der Waals surface area contributed by atoms with Crippen molar-refractivity contribution in [2.75, 3.05) is 26.9 Å². The number of hydrogen-bond donors (Lipinski definition) is 4. The average Bonchev–Trinajstić information content (AvgIpc) is 2.81. The molecule has 0 aliphatic carbocycles. The molecule has 35 heavy (non-hydrogen) atoms. The van der Waals surface area contributed by atoms with E-state index >= 15 is 0 Å². The lowest BCUT2D eigenvalue weighted by Crippen LogP contribution is -2.35. The van der Waals surface area contributed by atoms with Gasteiger partial charge in [0, 0.05) is 13.3 Å². The van der Waals surface area contributed by atoms with Crippen molar-refractivity contribution < 1.29 is 33.6 Å². The largest absolute Gasteiger partial charge is 0.418 e. The average molecular weight is 492 g/mol. The number of allylic oxidation sites excluding steroid dienone is 2. The molecular formula is C27H32F3NO4. The van der Waals surface area contributed by atoms with Gasteiger partial charge in [0.2, 0.25) is 0 Å². The molecule has 0 unspecified atom stereocenters. The number of aliphatic hydroxyl groups is 4. The fraction of sp³-hybridized carbons (Fsp3) is 0.370. The Hall–Kier alpha value is -2.78. The second kappa shape index (κ2) is 11.8. The molecule has 0 bridgehead atoms. The lowest BCUT2D eigenvalue weighted by molar-refractivity contribution is -0.206. The Morgan fingerprint density at radius 1 is 1.06 bits per heavy atom. The van der Waals surface area contributed by atoms with Crippen molar-refractivity contribution in [1.29, 1.82) is 0 Å². The lowest BCUT2D eigenvalue weighted by Gasteiger charge is -2.29. The van der Waals surface area contributed by atoms with E-state index in [1.807, 2.05) is 19.1 Å². The molecule has 0 aliphatic heterocycles.